The molecular weight excluding hydrogens is 378 g/mol. The van der Waals surface area contributed by atoms with Gasteiger partial charge in [0.25, 0.3) is 0 Å². The van der Waals surface area contributed by atoms with E-state index in [0.29, 0.717) is 0 Å². The van der Waals surface area contributed by atoms with Crippen LogP contribution < -0.4 is 4.74 Å². The third-order valence-electron chi connectivity index (χ3n) is 4.90. The van der Waals surface area contributed by atoms with Gasteiger partial charge in [-0.2, -0.15) is 5.26 Å². The summed E-state index contributed by atoms with van der Waals surface area (Å²) in [6, 6.07) is 10.3. The van der Waals surface area contributed by atoms with Crippen molar-refractivity contribution in [3.8, 4) is 11.8 Å². The van der Waals surface area contributed by atoms with E-state index in [4.69, 9.17) is 10.00 Å². The van der Waals surface area contributed by atoms with Crippen molar-refractivity contribution in [1.29, 1.82) is 5.26 Å². The SMILES string of the molecule is COc1cc(C)c2[nH]cc(Br)c2c1CN1Cc2ccc(C#N)cc2C1. The van der Waals surface area contributed by atoms with Gasteiger partial charge in [0, 0.05) is 41.3 Å². The Morgan fingerprint density at radius 2 is 2.08 bits per heavy atom. The Hall–Kier alpha value is -2.29. The first-order chi connectivity index (χ1) is 12.1. The zero-order valence-corrected chi connectivity index (χ0v) is 15.8. The van der Waals surface area contributed by atoms with E-state index in [2.05, 4.69) is 50.9 Å². The van der Waals surface area contributed by atoms with E-state index in [1.54, 1.807) is 7.11 Å². The standard InChI is InChI=1S/C20H18BrN3O/c1-12-5-18(25-2)16(19-17(21)8-23-20(12)19)11-24-9-14-4-3-13(7-22)6-15(14)10-24/h3-6,8,23H,9-11H2,1-2H3. The molecule has 0 saturated heterocycles. The molecule has 0 atom stereocenters. The molecule has 0 unspecified atom stereocenters. The smallest absolute Gasteiger partial charge is 0.124 e. The van der Waals surface area contributed by atoms with Gasteiger partial charge in [0.2, 0.25) is 0 Å². The maximum Gasteiger partial charge on any atom is 0.124 e. The monoisotopic (exact) mass is 395 g/mol. The van der Waals surface area contributed by atoms with E-state index < -0.39 is 0 Å². The van der Waals surface area contributed by atoms with E-state index in [1.807, 2.05) is 18.3 Å². The molecule has 1 aliphatic rings. The number of H-pyrrole nitrogens is 1. The van der Waals surface area contributed by atoms with Gasteiger partial charge in [0.15, 0.2) is 0 Å². The average molecular weight is 396 g/mol. The fourth-order valence-electron chi connectivity index (χ4n) is 3.69. The lowest BCUT2D eigenvalue weighted by Crippen LogP contribution is -2.16. The van der Waals surface area contributed by atoms with Crippen molar-refractivity contribution in [1.82, 2.24) is 9.88 Å². The molecule has 5 heteroatoms. The predicted molar refractivity (Wildman–Crippen MR) is 101 cm³/mol. The number of halogens is 1. The van der Waals surface area contributed by atoms with Gasteiger partial charge in [-0.15, -0.1) is 0 Å². The van der Waals surface area contributed by atoms with Crippen molar-refractivity contribution in [3.05, 3.63) is 62.8 Å². The van der Waals surface area contributed by atoms with Crippen LogP contribution in [-0.2, 0) is 19.6 Å². The van der Waals surface area contributed by atoms with Crippen LogP contribution >= 0.6 is 15.9 Å². The van der Waals surface area contributed by atoms with Gasteiger partial charge in [0.05, 0.1) is 24.3 Å². The fourth-order valence-corrected chi connectivity index (χ4v) is 4.25. The predicted octanol–water partition coefficient (Wildman–Crippen LogP) is 4.63. The molecule has 2 aromatic carbocycles. The number of nitrogens with zero attached hydrogens (tertiary/aromatic N) is 2. The van der Waals surface area contributed by atoms with E-state index in [0.717, 1.165) is 40.9 Å². The van der Waals surface area contributed by atoms with Crippen molar-refractivity contribution in [2.75, 3.05) is 7.11 Å². The van der Waals surface area contributed by atoms with Crippen molar-refractivity contribution in [2.24, 2.45) is 0 Å². The van der Waals surface area contributed by atoms with Crippen LogP contribution in [0.4, 0.5) is 0 Å². The maximum atomic E-state index is 9.10. The second-order valence-corrected chi connectivity index (χ2v) is 7.36. The van der Waals surface area contributed by atoms with Gasteiger partial charge in [-0.25, -0.2) is 0 Å². The van der Waals surface area contributed by atoms with Crippen molar-refractivity contribution in [2.45, 2.75) is 26.6 Å². The first-order valence-electron chi connectivity index (χ1n) is 8.18. The Morgan fingerprint density at radius 3 is 2.84 bits per heavy atom. The second-order valence-electron chi connectivity index (χ2n) is 6.50. The summed E-state index contributed by atoms with van der Waals surface area (Å²) < 4.78 is 6.74. The number of rotatable bonds is 3. The van der Waals surface area contributed by atoms with Crippen LogP contribution in [-0.4, -0.2) is 17.0 Å². The Bertz CT molecular complexity index is 1020. The normalized spacial score (nSPS) is 13.8. The minimum Gasteiger partial charge on any atom is -0.496 e. The van der Waals surface area contributed by atoms with Crippen molar-refractivity contribution < 1.29 is 4.74 Å². The minimum absolute atomic E-state index is 0.726. The molecule has 0 radical (unpaired) electrons. The van der Waals surface area contributed by atoms with Gasteiger partial charge in [0.1, 0.15) is 5.75 Å². The lowest BCUT2D eigenvalue weighted by molar-refractivity contribution is 0.271. The summed E-state index contributed by atoms with van der Waals surface area (Å²) in [5.74, 6) is 0.916. The molecule has 25 heavy (non-hydrogen) atoms. The summed E-state index contributed by atoms with van der Waals surface area (Å²) in [5, 5.41) is 10.3. The van der Waals surface area contributed by atoms with Gasteiger partial charge in [-0.3, -0.25) is 4.90 Å². The van der Waals surface area contributed by atoms with Crippen LogP contribution in [0.5, 0.6) is 5.75 Å². The van der Waals surface area contributed by atoms with E-state index in [-0.39, 0.29) is 0 Å². The van der Waals surface area contributed by atoms with E-state index in [1.165, 1.54) is 27.6 Å². The molecule has 3 aromatic rings. The fraction of sp³-hybridized carbons (Fsp3) is 0.250. The topological polar surface area (TPSA) is 52.0 Å². The third kappa shape index (κ3) is 2.72. The Labute approximate surface area is 155 Å². The molecule has 0 amide bonds. The number of nitriles is 1. The van der Waals surface area contributed by atoms with Crippen LogP contribution in [0.2, 0.25) is 0 Å². The first kappa shape index (κ1) is 16.2. The highest BCUT2D eigenvalue weighted by molar-refractivity contribution is 9.10. The number of ether oxygens (including phenoxy) is 1. The molecule has 0 bridgehead atoms. The zero-order valence-electron chi connectivity index (χ0n) is 14.2. The van der Waals surface area contributed by atoms with Crippen LogP contribution in [0.3, 0.4) is 0 Å². The Kier molecular flexibility index (Phi) is 4.03. The molecule has 0 saturated carbocycles. The summed E-state index contributed by atoms with van der Waals surface area (Å²) in [5.41, 5.74) is 6.77. The highest BCUT2D eigenvalue weighted by atomic mass is 79.9. The molecule has 2 heterocycles. The highest BCUT2D eigenvalue weighted by Crippen LogP contribution is 2.37. The molecule has 0 fully saturated rings. The molecule has 4 rings (SSSR count). The van der Waals surface area contributed by atoms with E-state index >= 15 is 0 Å². The number of hydrogen-bond donors (Lipinski definition) is 1. The van der Waals surface area contributed by atoms with Crippen molar-refractivity contribution in [3.63, 3.8) is 0 Å². The number of aromatic amines is 1. The largest absolute Gasteiger partial charge is 0.496 e. The van der Waals surface area contributed by atoms with Gasteiger partial charge >= 0.3 is 0 Å². The first-order valence-corrected chi connectivity index (χ1v) is 8.97. The average Bonchev–Trinajstić information content (AvgIpc) is 3.19. The van der Waals surface area contributed by atoms with Gasteiger partial charge in [-0.1, -0.05) is 6.07 Å². The van der Waals surface area contributed by atoms with Gasteiger partial charge < -0.3 is 9.72 Å². The zero-order chi connectivity index (χ0) is 17.6. The van der Waals surface area contributed by atoms with Crippen LogP contribution in [0.25, 0.3) is 10.9 Å². The number of hydrogen-bond acceptors (Lipinski definition) is 3. The number of methoxy groups -OCH3 is 1. The van der Waals surface area contributed by atoms with Gasteiger partial charge in [-0.05, 0) is 57.7 Å². The Balaban J connectivity index is 1.71. The molecule has 0 spiro atoms. The number of nitrogens with one attached hydrogen (secondary N) is 1. The quantitative estimate of drug-likeness (QED) is 0.702. The number of aryl methyl sites for hydroxylation is 1. The second kappa shape index (κ2) is 6.21. The number of aromatic nitrogens is 1. The van der Waals surface area contributed by atoms with Crippen LogP contribution in [0.15, 0.2) is 34.9 Å². The molecule has 1 aromatic heterocycles. The van der Waals surface area contributed by atoms with E-state index in [9.17, 15) is 0 Å². The third-order valence-corrected chi connectivity index (χ3v) is 5.52. The lowest BCUT2D eigenvalue weighted by atomic mass is 10.0. The van der Waals surface area contributed by atoms with Crippen LogP contribution in [0.1, 0.15) is 27.8 Å². The molecule has 126 valence electrons. The summed E-state index contributed by atoms with van der Waals surface area (Å²) in [7, 11) is 1.72. The molecule has 1 N–H and O–H groups in total. The number of benzene rings is 2. The van der Waals surface area contributed by atoms with Crippen LogP contribution in [0, 0.1) is 18.3 Å². The molecule has 1 aliphatic heterocycles. The summed E-state index contributed by atoms with van der Waals surface area (Å²) in [6.45, 7) is 4.63. The summed E-state index contributed by atoms with van der Waals surface area (Å²) in [4.78, 5) is 5.73. The molecule has 0 aliphatic carbocycles. The molecular formula is C20H18BrN3O. The highest BCUT2D eigenvalue weighted by Gasteiger charge is 2.23. The van der Waals surface area contributed by atoms with Crippen molar-refractivity contribution >= 4 is 26.8 Å². The lowest BCUT2D eigenvalue weighted by Gasteiger charge is -2.19. The number of fused-ring (bicyclic) bond motifs is 2. The molecule has 4 nitrogen and oxygen atoms in total. The summed E-state index contributed by atoms with van der Waals surface area (Å²) in [6.07, 6.45) is 1.98. The maximum absolute atomic E-state index is 9.10. The summed E-state index contributed by atoms with van der Waals surface area (Å²) >= 11 is 3.67. The Morgan fingerprint density at radius 1 is 1.28 bits per heavy atom. The minimum atomic E-state index is 0.726.